The van der Waals surface area contributed by atoms with Crippen molar-refractivity contribution in [2.24, 2.45) is 0 Å². The van der Waals surface area contributed by atoms with E-state index in [1.807, 2.05) is 0 Å². The van der Waals surface area contributed by atoms with E-state index in [1.54, 1.807) is 0 Å². The first-order chi connectivity index (χ1) is 8.69. The molecule has 18 heavy (non-hydrogen) atoms. The minimum atomic E-state index is -0.0892. The van der Waals surface area contributed by atoms with Gasteiger partial charge in [0.15, 0.2) is 0 Å². The fourth-order valence-electron chi connectivity index (χ4n) is 2.03. The maximum Gasteiger partial charge on any atom is 0.138 e. The quantitative estimate of drug-likeness (QED) is 0.742. The molecular formula is C13H18N4O. The van der Waals surface area contributed by atoms with Crippen molar-refractivity contribution in [3.05, 3.63) is 47.0 Å². The van der Waals surface area contributed by atoms with E-state index >= 15 is 0 Å². The van der Waals surface area contributed by atoms with E-state index in [0.717, 1.165) is 11.4 Å². The molecule has 0 fully saturated rings. The topological polar surface area (TPSA) is 73.8 Å². The molecule has 0 saturated heterocycles. The highest BCUT2D eigenvalue weighted by Crippen LogP contribution is 2.17. The van der Waals surface area contributed by atoms with Crippen molar-refractivity contribution >= 4 is 0 Å². The summed E-state index contributed by atoms with van der Waals surface area (Å²) in [6, 6.07) is 6.20. The average molecular weight is 246 g/mol. The number of hydrogen-bond donors (Lipinski definition) is 3. The lowest BCUT2D eigenvalue weighted by molar-refractivity contribution is 0.243. The van der Waals surface area contributed by atoms with Crippen molar-refractivity contribution < 1.29 is 5.11 Å². The summed E-state index contributed by atoms with van der Waals surface area (Å²) in [4.78, 5) is 4.04. The van der Waals surface area contributed by atoms with Crippen LogP contribution in [0.5, 0.6) is 0 Å². The molecule has 96 valence electrons. The molecule has 0 aliphatic rings. The van der Waals surface area contributed by atoms with E-state index in [2.05, 4.69) is 52.5 Å². The third kappa shape index (κ3) is 3.15. The Labute approximate surface area is 106 Å². The normalized spacial score (nSPS) is 12.6. The number of benzene rings is 1. The molecule has 0 aliphatic heterocycles. The standard InChI is InChI=1S/C13H18N4O/c1-9-3-10(2)5-11(4-9)12(7-18)14-6-13-15-8-16-17-13/h3-5,8,12,14,18H,6-7H2,1-2H3,(H,15,16,17). The monoisotopic (exact) mass is 246 g/mol. The Bertz CT molecular complexity index is 475. The number of nitrogens with one attached hydrogen (secondary N) is 2. The van der Waals surface area contributed by atoms with Crippen LogP contribution < -0.4 is 5.32 Å². The summed E-state index contributed by atoms with van der Waals surface area (Å²) >= 11 is 0. The summed E-state index contributed by atoms with van der Waals surface area (Å²) in [6.07, 6.45) is 1.47. The van der Waals surface area contributed by atoms with Gasteiger partial charge in [-0.2, -0.15) is 5.10 Å². The lowest BCUT2D eigenvalue weighted by Crippen LogP contribution is -2.24. The number of nitrogens with zero attached hydrogens (tertiary/aromatic N) is 2. The Morgan fingerprint density at radius 1 is 1.28 bits per heavy atom. The zero-order chi connectivity index (χ0) is 13.0. The third-order valence-electron chi connectivity index (χ3n) is 2.81. The van der Waals surface area contributed by atoms with Crippen LogP contribution in [0.2, 0.25) is 0 Å². The van der Waals surface area contributed by atoms with E-state index < -0.39 is 0 Å². The maximum atomic E-state index is 9.48. The molecule has 5 nitrogen and oxygen atoms in total. The summed E-state index contributed by atoms with van der Waals surface area (Å²) < 4.78 is 0. The zero-order valence-electron chi connectivity index (χ0n) is 10.6. The largest absolute Gasteiger partial charge is 0.394 e. The van der Waals surface area contributed by atoms with Gasteiger partial charge in [-0.1, -0.05) is 29.3 Å². The molecule has 1 unspecified atom stereocenters. The van der Waals surface area contributed by atoms with Gasteiger partial charge in [0.25, 0.3) is 0 Å². The Kier molecular flexibility index (Phi) is 4.07. The molecule has 2 rings (SSSR count). The fourth-order valence-corrected chi connectivity index (χ4v) is 2.03. The van der Waals surface area contributed by atoms with Crippen LogP contribution in [0, 0.1) is 13.8 Å². The van der Waals surface area contributed by atoms with Crippen molar-refractivity contribution in [2.75, 3.05) is 6.61 Å². The molecule has 0 spiro atoms. The number of hydrogen-bond acceptors (Lipinski definition) is 4. The minimum absolute atomic E-state index is 0.0526. The molecule has 0 radical (unpaired) electrons. The summed E-state index contributed by atoms with van der Waals surface area (Å²) in [6.45, 7) is 4.72. The molecule has 0 amide bonds. The predicted octanol–water partition coefficient (Wildman–Crippen LogP) is 1.24. The molecule has 1 heterocycles. The van der Waals surface area contributed by atoms with Crippen LogP contribution in [0.3, 0.4) is 0 Å². The number of aliphatic hydroxyl groups is 1. The van der Waals surface area contributed by atoms with Gasteiger partial charge in [0.2, 0.25) is 0 Å². The van der Waals surface area contributed by atoms with Gasteiger partial charge in [0.05, 0.1) is 19.2 Å². The molecule has 0 bridgehead atoms. The van der Waals surface area contributed by atoms with E-state index in [9.17, 15) is 5.11 Å². The number of aliphatic hydroxyl groups excluding tert-OH is 1. The van der Waals surface area contributed by atoms with Gasteiger partial charge < -0.3 is 10.4 Å². The predicted molar refractivity (Wildman–Crippen MR) is 69.0 cm³/mol. The van der Waals surface area contributed by atoms with Crippen molar-refractivity contribution in [3.63, 3.8) is 0 Å². The van der Waals surface area contributed by atoms with E-state index in [1.165, 1.54) is 17.5 Å². The molecule has 2 aromatic rings. The smallest absolute Gasteiger partial charge is 0.138 e. The zero-order valence-corrected chi connectivity index (χ0v) is 10.6. The molecule has 0 saturated carbocycles. The second kappa shape index (κ2) is 5.75. The lowest BCUT2D eigenvalue weighted by atomic mass is 10.0. The number of aromatic amines is 1. The number of aromatic nitrogens is 3. The van der Waals surface area contributed by atoms with E-state index in [-0.39, 0.29) is 12.6 Å². The third-order valence-corrected chi connectivity index (χ3v) is 2.81. The van der Waals surface area contributed by atoms with Gasteiger partial charge in [-0.3, -0.25) is 5.10 Å². The van der Waals surface area contributed by atoms with Gasteiger partial charge in [0, 0.05) is 0 Å². The van der Waals surface area contributed by atoms with E-state index in [4.69, 9.17) is 0 Å². The second-order valence-electron chi connectivity index (χ2n) is 4.47. The fraction of sp³-hybridized carbons (Fsp3) is 0.385. The Hall–Kier alpha value is -1.72. The molecule has 1 aromatic carbocycles. The van der Waals surface area contributed by atoms with Crippen LogP contribution in [-0.2, 0) is 6.54 Å². The van der Waals surface area contributed by atoms with Crippen LogP contribution in [0.25, 0.3) is 0 Å². The Morgan fingerprint density at radius 2 is 2.00 bits per heavy atom. The summed E-state index contributed by atoms with van der Waals surface area (Å²) in [5, 5.41) is 19.3. The first-order valence-corrected chi connectivity index (χ1v) is 5.95. The second-order valence-corrected chi connectivity index (χ2v) is 4.47. The van der Waals surface area contributed by atoms with Crippen LogP contribution in [-0.4, -0.2) is 26.9 Å². The van der Waals surface area contributed by atoms with Crippen molar-refractivity contribution in [3.8, 4) is 0 Å². The van der Waals surface area contributed by atoms with Crippen molar-refractivity contribution in [1.29, 1.82) is 0 Å². The number of aryl methyl sites for hydroxylation is 2. The SMILES string of the molecule is Cc1cc(C)cc(C(CO)NCc2ncn[nH]2)c1. The molecule has 1 aromatic heterocycles. The van der Waals surface area contributed by atoms with Crippen LogP contribution in [0.1, 0.15) is 28.6 Å². The molecule has 1 atom stereocenters. The van der Waals surface area contributed by atoms with Gasteiger partial charge in [-0.25, -0.2) is 4.98 Å². The van der Waals surface area contributed by atoms with Gasteiger partial charge in [0.1, 0.15) is 12.2 Å². The highest BCUT2D eigenvalue weighted by atomic mass is 16.3. The van der Waals surface area contributed by atoms with Gasteiger partial charge in [-0.05, 0) is 19.4 Å². The van der Waals surface area contributed by atoms with E-state index in [0.29, 0.717) is 6.54 Å². The minimum Gasteiger partial charge on any atom is -0.394 e. The summed E-state index contributed by atoms with van der Waals surface area (Å²) in [5.74, 6) is 0.762. The number of rotatable bonds is 5. The Morgan fingerprint density at radius 3 is 2.56 bits per heavy atom. The summed E-state index contributed by atoms with van der Waals surface area (Å²) in [7, 11) is 0. The van der Waals surface area contributed by atoms with Crippen molar-refractivity contribution in [1.82, 2.24) is 20.5 Å². The van der Waals surface area contributed by atoms with Crippen LogP contribution >= 0.6 is 0 Å². The molecule has 0 aliphatic carbocycles. The number of H-pyrrole nitrogens is 1. The highest BCUT2D eigenvalue weighted by Gasteiger charge is 2.11. The molecule has 3 N–H and O–H groups in total. The van der Waals surface area contributed by atoms with Crippen LogP contribution in [0.4, 0.5) is 0 Å². The molecular weight excluding hydrogens is 228 g/mol. The Balaban J connectivity index is 2.07. The first-order valence-electron chi connectivity index (χ1n) is 5.95. The molecule has 5 heteroatoms. The summed E-state index contributed by atoms with van der Waals surface area (Å²) in [5.41, 5.74) is 3.49. The van der Waals surface area contributed by atoms with Crippen molar-refractivity contribution in [2.45, 2.75) is 26.4 Å². The first kappa shape index (κ1) is 12.7. The van der Waals surface area contributed by atoms with Gasteiger partial charge >= 0.3 is 0 Å². The van der Waals surface area contributed by atoms with Gasteiger partial charge in [-0.15, -0.1) is 0 Å². The lowest BCUT2D eigenvalue weighted by Gasteiger charge is -2.17. The highest BCUT2D eigenvalue weighted by molar-refractivity contribution is 5.30. The average Bonchev–Trinajstić information content (AvgIpc) is 2.81. The van der Waals surface area contributed by atoms with Crippen LogP contribution in [0.15, 0.2) is 24.5 Å². The maximum absolute atomic E-state index is 9.48.